The summed E-state index contributed by atoms with van der Waals surface area (Å²) in [4.78, 5) is 45.6. The van der Waals surface area contributed by atoms with E-state index in [1.165, 1.54) is 12.1 Å². The number of nitrogens with one attached hydrogen (secondary N) is 1. The zero-order valence-corrected chi connectivity index (χ0v) is 19.7. The molecule has 1 N–H and O–H groups in total. The smallest absolute Gasteiger partial charge is 0.269 e. The molecule has 0 saturated carbocycles. The summed E-state index contributed by atoms with van der Waals surface area (Å²) in [5.41, 5.74) is 2.47. The van der Waals surface area contributed by atoms with Crippen molar-refractivity contribution in [3.8, 4) is 0 Å². The molecule has 0 aliphatic carbocycles. The van der Waals surface area contributed by atoms with Crippen LogP contribution in [0.2, 0.25) is 0 Å². The van der Waals surface area contributed by atoms with Crippen LogP contribution in [0, 0.1) is 23.0 Å². The van der Waals surface area contributed by atoms with Gasteiger partial charge < -0.3 is 5.32 Å². The minimum atomic E-state index is -1.18. The van der Waals surface area contributed by atoms with Gasteiger partial charge in [0, 0.05) is 53.2 Å². The molecule has 0 bridgehead atoms. The lowest BCUT2D eigenvalue weighted by Crippen LogP contribution is -2.52. The molecule has 0 radical (unpaired) electrons. The number of ketones is 1. The highest BCUT2D eigenvalue weighted by Crippen LogP contribution is 2.61. The maximum Gasteiger partial charge on any atom is 0.269 e. The summed E-state index contributed by atoms with van der Waals surface area (Å²) in [5.74, 6) is -0.113. The molecular formula is C26H22N4O4S. The third-order valence-electron chi connectivity index (χ3n) is 7.46. The zero-order chi connectivity index (χ0) is 24.3. The van der Waals surface area contributed by atoms with E-state index in [1.807, 2.05) is 25.1 Å². The Morgan fingerprint density at radius 2 is 2.00 bits per heavy atom. The second kappa shape index (κ2) is 8.00. The van der Waals surface area contributed by atoms with Crippen LogP contribution >= 0.6 is 11.8 Å². The number of fused-ring (bicyclic) bond motifs is 4. The average Bonchev–Trinajstić information content (AvgIpc) is 3.53. The summed E-state index contributed by atoms with van der Waals surface area (Å²) >= 11 is 1.73. The number of hydrogen-bond acceptors (Lipinski definition) is 7. The third kappa shape index (κ3) is 3.08. The molecule has 6 rings (SSSR count). The molecule has 3 aliphatic heterocycles. The van der Waals surface area contributed by atoms with Crippen molar-refractivity contribution in [1.29, 1.82) is 0 Å². The van der Waals surface area contributed by atoms with Gasteiger partial charge in [0.1, 0.15) is 11.2 Å². The molecule has 1 amide bonds. The summed E-state index contributed by atoms with van der Waals surface area (Å²) in [6.45, 7) is 1.98. The zero-order valence-electron chi connectivity index (χ0n) is 18.9. The standard InChI is InChI=1S/C26H22N4O4S/c1-15-5-10-19-18(12-15)26(25(32)28-19)23(24(31)20-4-2-3-11-27-20)22(21-13-35-14-29(21)26)16-6-8-17(9-7-16)30(33)34/h2-12,21-23H,13-14H2,1H3,(H,28,32)/t21-,22-,23+,26+/m0/s1. The fourth-order valence-electron chi connectivity index (χ4n) is 6.05. The maximum absolute atomic E-state index is 14.3. The van der Waals surface area contributed by atoms with Gasteiger partial charge in [-0.2, -0.15) is 0 Å². The summed E-state index contributed by atoms with van der Waals surface area (Å²) in [6.07, 6.45) is 1.58. The van der Waals surface area contributed by atoms with Crippen LogP contribution in [-0.2, 0) is 10.3 Å². The van der Waals surface area contributed by atoms with Gasteiger partial charge in [-0.3, -0.25) is 29.6 Å². The number of rotatable bonds is 4. The van der Waals surface area contributed by atoms with Crippen LogP contribution in [-0.4, -0.2) is 44.2 Å². The number of pyridine rings is 1. The van der Waals surface area contributed by atoms with Crippen molar-refractivity contribution in [1.82, 2.24) is 9.88 Å². The first kappa shape index (κ1) is 21.9. The number of Topliss-reactive ketones (excluding diaryl/α,β-unsaturated/α-hetero) is 1. The Morgan fingerprint density at radius 1 is 1.20 bits per heavy atom. The van der Waals surface area contributed by atoms with Crippen LogP contribution in [0.4, 0.5) is 11.4 Å². The molecule has 4 atom stereocenters. The highest BCUT2D eigenvalue weighted by molar-refractivity contribution is 7.99. The number of non-ortho nitro benzene ring substituents is 1. The van der Waals surface area contributed by atoms with Crippen molar-refractivity contribution in [2.75, 3.05) is 16.9 Å². The molecule has 1 spiro atoms. The van der Waals surface area contributed by atoms with E-state index in [9.17, 15) is 19.7 Å². The molecule has 9 heteroatoms. The van der Waals surface area contributed by atoms with Gasteiger partial charge in [-0.05, 0) is 30.7 Å². The lowest BCUT2D eigenvalue weighted by Gasteiger charge is -2.36. The Bertz CT molecular complexity index is 1360. The molecule has 3 aliphatic rings. The number of nitrogens with zero attached hydrogens (tertiary/aromatic N) is 3. The number of amides is 1. The topological polar surface area (TPSA) is 105 Å². The Balaban J connectivity index is 1.60. The summed E-state index contributed by atoms with van der Waals surface area (Å²) in [6, 6.07) is 17.4. The lowest BCUT2D eigenvalue weighted by molar-refractivity contribution is -0.384. The number of hydrogen-bond donors (Lipinski definition) is 1. The fraction of sp³-hybridized carbons (Fsp3) is 0.269. The molecule has 2 saturated heterocycles. The van der Waals surface area contributed by atoms with Crippen molar-refractivity contribution in [2.45, 2.75) is 24.4 Å². The number of carbonyl (C=O) groups is 2. The van der Waals surface area contributed by atoms with Crippen LogP contribution < -0.4 is 5.32 Å². The predicted molar refractivity (Wildman–Crippen MR) is 132 cm³/mol. The fourth-order valence-corrected chi connectivity index (χ4v) is 7.37. The molecule has 3 aromatic rings. The van der Waals surface area contributed by atoms with Gasteiger partial charge in [-0.25, -0.2) is 0 Å². The van der Waals surface area contributed by atoms with Crippen molar-refractivity contribution in [2.24, 2.45) is 5.92 Å². The molecule has 35 heavy (non-hydrogen) atoms. The van der Waals surface area contributed by atoms with Crippen LogP contribution in [0.15, 0.2) is 66.9 Å². The number of nitro groups is 1. The lowest BCUT2D eigenvalue weighted by atomic mass is 9.70. The maximum atomic E-state index is 14.3. The van der Waals surface area contributed by atoms with Crippen LogP contribution in [0.25, 0.3) is 0 Å². The predicted octanol–water partition coefficient (Wildman–Crippen LogP) is 4.12. The highest BCUT2D eigenvalue weighted by atomic mass is 32.2. The van der Waals surface area contributed by atoms with E-state index in [-0.39, 0.29) is 29.3 Å². The summed E-state index contributed by atoms with van der Waals surface area (Å²) in [5, 5.41) is 14.3. The molecule has 1 aromatic heterocycles. The molecule has 176 valence electrons. The molecule has 4 heterocycles. The number of carbonyl (C=O) groups excluding carboxylic acids is 2. The Morgan fingerprint density at radius 3 is 2.71 bits per heavy atom. The largest absolute Gasteiger partial charge is 0.324 e. The minimum Gasteiger partial charge on any atom is -0.324 e. The van der Waals surface area contributed by atoms with Gasteiger partial charge in [0.2, 0.25) is 5.91 Å². The van der Waals surface area contributed by atoms with Gasteiger partial charge >= 0.3 is 0 Å². The molecule has 8 nitrogen and oxygen atoms in total. The quantitative estimate of drug-likeness (QED) is 0.336. The van der Waals surface area contributed by atoms with E-state index in [2.05, 4.69) is 15.2 Å². The normalized spacial score (nSPS) is 27.0. The van der Waals surface area contributed by atoms with Gasteiger partial charge in [0.05, 0.1) is 10.8 Å². The number of benzene rings is 2. The van der Waals surface area contributed by atoms with Gasteiger partial charge in [0.25, 0.3) is 5.69 Å². The first-order valence-electron chi connectivity index (χ1n) is 11.4. The van der Waals surface area contributed by atoms with E-state index in [4.69, 9.17) is 0 Å². The van der Waals surface area contributed by atoms with Gasteiger partial charge in [-0.1, -0.05) is 35.9 Å². The van der Waals surface area contributed by atoms with Crippen molar-refractivity contribution in [3.05, 3.63) is 99.4 Å². The molecule has 2 fully saturated rings. The summed E-state index contributed by atoms with van der Waals surface area (Å²) < 4.78 is 0. The van der Waals surface area contributed by atoms with Crippen molar-refractivity contribution >= 4 is 34.8 Å². The number of aryl methyl sites for hydroxylation is 1. The number of aromatic nitrogens is 1. The SMILES string of the molecule is Cc1ccc2c(c1)[C@]1(C(=O)N2)[C@@H](C(=O)c2ccccn2)[C@@H](c2ccc([N+](=O)[O-])cc2)[C@@H]2CSCN21. The van der Waals surface area contributed by atoms with Crippen LogP contribution in [0.3, 0.4) is 0 Å². The van der Waals surface area contributed by atoms with Crippen molar-refractivity contribution < 1.29 is 14.5 Å². The van der Waals surface area contributed by atoms with E-state index >= 15 is 0 Å². The Kier molecular flexibility index (Phi) is 5.01. The van der Waals surface area contributed by atoms with Gasteiger partial charge in [-0.15, -0.1) is 11.8 Å². The van der Waals surface area contributed by atoms with Gasteiger partial charge in [0.15, 0.2) is 5.78 Å². The Hall–Kier alpha value is -3.56. The number of anilines is 1. The van der Waals surface area contributed by atoms with E-state index in [0.29, 0.717) is 11.6 Å². The minimum absolute atomic E-state index is 0.00806. The molecule has 2 aromatic carbocycles. The average molecular weight is 487 g/mol. The van der Waals surface area contributed by atoms with Crippen molar-refractivity contribution in [3.63, 3.8) is 0 Å². The molecule has 0 unspecified atom stereocenters. The summed E-state index contributed by atoms with van der Waals surface area (Å²) in [7, 11) is 0. The number of thioether (sulfide) groups is 1. The Labute approximate surface area is 205 Å². The molecular weight excluding hydrogens is 464 g/mol. The number of nitro benzene ring substituents is 1. The van der Waals surface area contributed by atoms with E-state index < -0.39 is 16.4 Å². The van der Waals surface area contributed by atoms with Crippen LogP contribution in [0.5, 0.6) is 0 Å². The first-order valence-corrected chi connectivity index (χ1v) is 12.5. The highest BCUT2D eigenvalue weighted by Gasteiger charge is 2.69. The second-order valence-electron chi connectivity index (χ2n) is 9.24. The van der Waals surface area contributed by atoms with E-state index in [1.54, 1.807) is 48.3 Å². The second-order valence-corrected chi connectivity index (χ2v) is 10.2. The third-order valence-corrected chi connectivity index (χ3v) is 8.50. The monoisotopic (exact) mass is 486 g/mol. The van der Waals surface area contributed by atoms with E-state index in [0.717, 1.165) is 28.1 Å². The first-order chi connectivity index (χ1) is 16.9. The van der Waals surface area contributed by atoms with Crippen LogP contribution in [0.1, 0.15) is 33.1 Å².